The van der Waals surface area contributed by atoms with Crippen molar-refractivity contribution in [3.05, 3.63) is 36.4 Å². The second kappa shape index (κ2) is 6.78. The first-order chi connectivity index (χ1) is 9.22. The van der Waals surface area contributed by atoms with Crippen LogP contribution >= 0.6 is 11.8 Å². The van der Waals surface area contributed by atoms with Crippen molar-refractivity contribution < 1.29 is 4.42 Å². The van der Waals surface area contributed by atoms with Crippen LogP contribution < -0.4 is 5.32 Å². The SMILES string of the molecule is CSc1ccccc1-c1ocnc1CNCC(C)C. The van der Waals surface area contributed by atoms with Crippen molar-refractivity contribution >= 4 is 11.8 Å². The minimum atomic E-state index is 0.633. The molecule has 1 aromatic carbocycles. The fourth-order valence-electron chi connectivity index (χ4n) is 1.93. The number of thioether (sulfide) groups is 1. The Morgan fingerprint density at radius 3 is 2.84 bits per heavy atom. The molecular weight excluding hydrogens is 256 g/mol. The molecule has 0 fully saturated rings. The predicted molar refractivity (Wildman–Crippen MR) is 80.3 cm³/mol. The minimum Gasteiger partial charge on any atom is -0.443 e. The van der Waals surface area contributed by atoms with E-state index in [4.69, 9.17) is 4.42 Å². The van der Waals surface area contributed by atoms with E-state index < -0.39 is 0 Å². The Kier molecular flexibility index (Phi) is 5.05. The van der Waals surface area contributed by atoms with Crippen LogP contribution in [0.5, 0.6) is 0 Å². The summed E-state index contributed by atoms with van der Waals surface area (Å²) in [6, 6.07) is 8.26. The van der Waals surface area contributed by atoms with Crippen molar-refractivity contribution in [3.8, 4) is 11.3 Å². The van der Waals surface area contributed by atoms with Gasteiger partial charge in [-0.3, -0.25) is 0 Å². The van der Waals surface area contributed by atoms with Crippen molar-refractivity contribution in [2.45, 2.75) is 25.3 Å². The minimum absolute atomic E-state index is 0.633. The van der Waals surface area contributed by atoms with Crippen LogP contribution in [0.4, 0.5) is 0 Å². The Balaban J connectivity index is 2.19. The number of nitrogens with one attached hydrogen (secondary N) is 1. The smallest absolute Gasteiger partial charge is 0.181 e. The average molecular weight is 276 g/mol. The lowest BCUT2D eigenvalue weighted by molar-refractivity contribution is 0.544. The molecule has 1 heterocycles. The number of benzene rings is 1. The highest BCUT2D eigenvalue weighted by atomic mass is 32.2. The first kappa shape index (κ1) is 14.2. The molecule has 0 saturated carbocycles. The van der Waals surface area contributed by atoms with E-state index in [1.165, 1.54) is 11.3 Å². The van der Waals surface area contributed by atoms with E-state index in [1.54, 1.807) is 11.8 Å². The van der Waals surface area contributed by atoms with Gasteiger partial charge in [0.2, 0.25) is 0 Å². The van der Waals surface area contributed by atoms with Gasteiger partial charge in [0.05, 0.1) is 0 Å². The van der Waals surface area contributed by atoms with Crippen LogP contribution in [0.15, 0.2) is 40.0 Å². The monoisotopic (exact) mass is 276 g/mol. The maximum absolute atomic E-state index is 5.59. The summed E-state index contributed by atoms with van der Waals surface area (Å²) in [6.45, 7) is 6.11. The standard InChI is InChI=1S/C15H20N2OS/c1-11(2)8-16-9-13-15(18-10-17-13)12-6-4-5-7-14(12)19-3/h4-7,10-11,16H,8-9H2,1-3H3. The fourth-order valence-corrected chi connectivity index (χ4v) is 2.52. The van der Waals surface area contributed by atoms with Gasteiger partial charge in [0.1, 0.15) is 5.69 Å². The molecule has 0 aliphatic heterocycles. The van der Waals surface area contributed by atoms with Gasteiger partial charge in [-0.1, -0.05) is 32.0 Å². The summed E-state index contributed by atoms with van der Waals surface area (Å²) < 4.78 is 5.59. The van der Waals surface area contributed by atoms with Crippen molar-refractivity contribution in [1.82, 2.24) is 10.3 Å². The zero-order chi connectivity index (χ0) is 13.7. The van der Waals surface area contributed by atoms with E-state index in [1.807, 2.05) is 12.1 Å². The summed E-state index contributed by atoms with van der Waals surface area (Å²) in [6.07, 6.45) is 3.60. The Morgan fingerprint density at radius 1 is 1.32 bits per heavy atom. The molecule has 102 valence electrons. The Morgan fingerprint density at radius 2 is 2.11 bits per heavy atom. The number of rotatable bonds is 6. The predicted octanol–water partition coefficient (Wildman–Crippen LogP) is 3.81. The third kappa shape index (κ3) is 3.61. The highest BCUT2D eigenvalue weighted by Crippen LogP contribution is 2.31. The third-order valence-electron chi connectivity index (χ3n) is 2.84. The van der Waals surface area contributed by atoms with Crippen molar-refractivity contribution in [1.29, 1.82) is 0 Å². The topological polar surface area (TPSA) is 38.1 Å². The van der Waals surface area contributed by atoms with Crippen LogP contribution in [-0.2, 0) is 6.54 Å². The molecule has 0 aliphatic rings. The lowest BCUT2D eigenvalue weighted by Gasteiger charge is -2.08. The number of oxazole rings is 1. The van der Waals surface area contributed by atoms with Gasteiger partial charge >= 0.3 is 0 Å². The fraction of sp³-hybridized carbons (Fsp3) is 0.400. The van der Waals surface area contributed by atoms with E-state index in [2.05, 4.69) is 42.5 Å². The maximum Gasteiger partial charge on any atom is 0.181 e. The van der Waals surface area contributed by atoms with Crippen LogP contribution in [0.25, 0.3) is 11.3 Å². The molecule has 0 atom stereocenters. The van der Waals surface area contributed by atoms with E-state index >= 15 is 0 Å². The van der Waals surface area contributed by atoms with Gasteiger partial charge in [0.25, 0.3) is 0 Å². The van der Waals surface area contributed by atoms with Crippen LogP contribution in [0.3, 0.4) is 0 Å². The summed E-state index contributed by atoms with van der Waals surface area (Å²) >= 11 is 1.72. The molecule has 0 amide bonds. The molecule has 2 rings (SSSR count). The molecule has 2 aromatic rings. The molecule has 0 saturated heterocycles. The quantitative estimate of drug-likeness (QED) is 0.814. The first-order valence-corrected chi connectivity index (χ1v) is 7.71. The Labute approximate surface area is 118 Å². The normalized spacial score (nSPS) is 11.2. The molecule has 0 radical (unpaired) electrons. The van der Waals surface area contributed by atoms with Crippen LogP contribution in [-0.4, -0.2) is 17.8 Å². The number of hydrogen-bond acceptors (Lipinski definition) is 4. The van der Waals surface area contributed by atoms with Gasteiger partial charge in [0, 0.05) is 17.0 Å². The van der Waals surface area contributed by atoms with Gasteiger partial charge < -0.3 is 9.73 Å². The highest BCUT2D eigenvalue weighted by Gasteiger charge is 2.13. The lowest BCUT2D eigenvalue weighted by Crippen LogP contribution is -2.19. The Bertz CT molecular complexity index is 522. The zero-order valence-electron chi connectivity index (χ0n) is 11.6. The molecule has 0 aliphatic carbocycles. The first-order valence-electron chi connectivity index (χ1n) is 6.48. The van der Waals surface area contributed by atoms with Crippen molar-refractivity contribution in [3.63, 3.8) is 0 Å². The van der Waals surface area contributed by atoms with Crippen molar-refractivity contribution in [2.24, 2.45) is 5.92 Å². The van der Waals surface area contributed by atoms with Crippen LogP contribution in [0, 0.1) is 5.92 Å². The molecule has 0 unspecified atom stereocenters. The van der Waals surface area contributed by atoms with E-state index in [0.29, 0.717) is 5.92 Å². The molecule has 4 heteroatoms. The number of aromatic nitrogens is 1. The van der Waals surface area contributed by atoms with Gasteiger partial charge in [-0.2, -0.15) is 0 Å². The molecule has 0 spiro atoms. The summed E-state index contributed by atoms with van der Waals surface area (Å²) in [7, 11) is 0. The number of hydrogen-bond donors (Lipinski definition) is 1. The van der Waals surface area contributed by atoms with Crippen molar-refractivity contribution in [2.75, 3.05) is 12.8 Å². The Hall–Kier alpha value is -1.26. The molecule has 0 bridgehead atoms. The van der Waals surface area contributed by atoms with Gasteiger partial charge in [-0.15, -0.1) is 11.8 Å². The third-order valence-corrected chi connectivity index (χ3v) is 3.63. The van der Waals surface area contributed by atoms with E-state index in [-0.39, 0.29) is 0 Å². The number of nitrogens with zero attached hydrogens (tertiary/aromatic N) is 1. The van der Waals surface area contributed by atoms with E-state index in [0.717, 1.165) is 30.1 Å². The summed E-state index contributed by atoms with van der Waals surface area (Å²) in [5.41, 5.74) is 2.09. The highest BCUT2D eigenvalue weighted by molar-refractivity contribution is 7.98. The zero-order valence-corrected chi connectivity index (χ0v) is 12.5. The average Bonchev–Trinajstić information content (AvgIpc) is 2.86. The summed E-state index contributed by atoms with van der Waals surface area (Å²) in [5.74, 6) is 1.51. The summed E-state index contributed by atoms with van der Waals surface area (Å²) in [4.78, 5) is 5.54. The van der Waals surface area contributed by atoms with Gasteiger partial charge in [0.15, 0.2) is 12.2 Å². The van der Waals surface area contributed by atoms with Gasteiger partial charge in [-0.25, -0.2) is 4.98 Å². The lowest BCUT2D eigenvalue weighted by atomic mass is 10.1. The molecule has 3 nitrogen and oxygen atoms in total. The molecular formula is C15H20N2OS. The van der Waals surface area contributed by atoms with Crippen LogP contribution in [0.1, 0.15) is 19.5 Å². The summed E-state index contributed by atoms with van der Waals surface area (Å²) in [5, 5.41) is 3.41. The largest absolute Gasteiger partial charge is 0.443 e. The van der Waals surface area contributed by atoms with Crippen LogP contribution in [0.2, 0.25) is 0 Å². The molecule has 1 aromatic heterocycles. The van der Waals surface area contributed by atoms with E-state index in [9.17, 15) is 0 Å². The molecule has 1 N–H and O–H groups in total. The molecule has 19 heavy (non-hydrogen) atoms. The van der Waals surface area contributed by atoms with Gasteiger partial charge in [-0.05, 0) is 24.8 Å². The maximum atomic E-state index is 5.59. The second-order valence-corrected chi connectivity index (χ2v) is 5.70. The second-order valence-electron chi connectivity index (χ2n) is 4.85.